The standard InChI is InChI=1S/C11H8ClNOS/c1-7-2-4-9(15-7)11(14)8-3-5-10(12)13-6-8/h2-6H,1H3. The van der Waals surface area contributed by atoms with Gasteiger partial charge >= 0.3 is 0 Å². The third kappa shape index (κ3) is 2.25. The summed E-state index contributed by atoms with van der Waals surface area (Å²) in [6, 6.07) is 7.07. The molecular weight excluding hydrogens is 230 g/mol. The zero-order chi connectivity index (χ0) is 10.8. The van der Waals surface area contributed by atoms with Crippen LogP contribution >= 0.6 is 22.9 Å². The zero-order valence-electron chi connectivity index (χ0n) is 8.03. The van der Waals surface area contributed by atoms with E-state index in [9.17, 15) is 4.79 Å². The van der Waals surface area contributed by atoms with Gasteiger partial charge in [0.2, 0.25) is 5.78 Å². The number of rotatable bonds is 2. The van der Waals surface area contributed by atoms with E-state index in [2.05, 4.69) is 4.98 Å². The number of hydrogen-bond donors (Lipinski definition) is 0. The molecule has 0 saturated carbocycles. The number of ketones is 1. The van der Waals surface area contributed by atoms with Crippen LogP contribution in [0, 0.1) is 6.92 Å². The minimum Gasteiger partial charge on any atom is -0.288 e. The molecule has 0 spiro atoms. The number of carbonyl (C=O) groups is 1. The molecule has 0 aromatic carbocycles. The molecule has 0 atom stereocenters. The van der Waals surface area contributed by atoms with E-state index in [0.29, 0.717) is 10.7 Å². The third-order valence-electron chi connectivity index (χ3n) is 1.95. The molecule has 2 aromatic heterocycles. The number of aromatic nitrogens is 1. The summed E-state index contributed by atoms with van der Waals surface area (Å²) in [5.41, 5.74) is 0.571. The van der Waals surface area contributed by atoms with E-state index in [-0.39, 0.29) is 5.78 Å². The van der Waals surface area contributed by atoms with Crippen molar-refractivity contribution in [2.45, 2.75) is 6.92 Å². The minimum absolute atomic E-state index is 0.00253. The number of nitrogens with zero attached hydrogens (tertiary/aromatic N) is 1. The van der Waals surface area contributed by atoms with Crippen molar-refractivity contribution >= 4 is 28.7 Å². The summed E-state index contributed by atoms with van der Waals surface area (Å²) in [5.74, 6) is -0.00253. The van der Waals surface area contributed by atoms with Gasteiger partial charge in [0, 0.05) is 16.6 Å². The fraction of sp³-hybridized carbons (Fsp3) is 0.0909. The molecule has 0 amide bonds. The van der Waals surface area contributed by atoms with Crippen LogP contribution in [0.1, 0.15) is 20.1 Å². The largest absolute Gasteiger partial charge is 0.288 e. The highest BCUT2D eigenvalue weighted by molar-refractivity contribution is 7.14. The molecule has 0 bridgehead atoms. The van der Waals surface area contributed by atoms with Crippen molar-refractivity contribution in [3.05, 3.63) is 50.9 Å². The van der Waals surface area contributed by atoms with Gasteiger partial charge in [0.05, 0.1) is 4.88 Å². The minimum atomic E-state index is -0.00253. The van der Waals surface area contributed by atoms with Crippen LogP contribution in [0.4, 0.5) is 0 Å². The number of carbonyl (C=O) groups excluding carboxylic acids is 1. The van der Waals surface area contributed by atoms with Crippen molar-refractivity contribution in [2.75, 3.05) is 0 Å². The van der Waals surface area contributed by atoms with Gasteiger partial charge in [0.15, 0.2) is 0 Å². The molecular formula is C11H8ClNOS. The van der Waals surface area contributed by atoms with Crippen LogP contribution in [0.3, 0.4) is 0 Å². The molecule has 0 aliphatic carbocycles. The van der Waals surface area contributed by atoms with E-state index >= 15 is 0 Å². The summed E-state index contributed by atoms with van der Waals surface area (Å²) >= 11 is 7.13. The first-order valence-corrected chi connectivity index (χ1v) is 5.59. The topological polar surface area (TPSA) is 30.0 Å². The normalized spacial score (nSPS) is 10.3. The maximum Gasteiger partial charge on any atom is 0.204 e. The molecule has 0 aliphatic heterocycles. The maximum atomic E-state index is 11.9. The fourth-order valence-corrected chi connectivity index (χ4v) is 2.15. The predicted octanol–water partition coefficient (Wildman–Crippen LogP) is 3.34. The first-order valence-electron chi connectivity index (χ1n) is 4.39. The number of thiophene rings is 1. The van der Waals surface area contributed by atoms with Crippen molar-refractivity contribution in [3.8, 4) is 0 Å². The number of halogens is 1. The molecule has 0 radical (unpaired) electrons. The highest BCUT2D eigenvalue weighted by atomic mass is 35.5. The smallest absolute Gasteiger partial charge is 0.204 e. The molecule has 0 fully saturated rings. The van der Waals surface area contributed by atoms with Crippen LogP contribution in [-0.2, 0) is 0 Å². The van der Waals surface area contributed by atoms with E-state index in [1.165, 1.54) is 17.5 Å². The first-order chi connectivity index (χ1) is 7.16. The van der Waals surface area contributed by atoms with Crippen molar-refractivity contribution < 1.29 is 4.79 Å². The van der Waals surface area contributed by atoms with Gasteiger partial charge in [-0.1, -0.05) is 11.6 Å². The maximum absolute atomic E-state index is 11.9. The Kier molecular flexibility index (Phi) is 2.84. The van der Waals surface area contributed by atoms with E-state index in [4.69, 9.17) is 11.6 Å². The molecule has 2 rings (SSSR count). The quantitative estimate of drug-likeness (QED) is 0.592. The van der Waals surface area contributed by atoms with E-state index in [1.807, 2.05) is 19.1 Å². The lowest BCUT2D eigenvalue weighted by molar-refractivity contribution is 0.104. The fourth-order valence-electron chi connectivity index (χ4n) is 1.21. The molecule has 15 heavy (non-hydrogen) atoms. The number of hydrogen-bond acceptors (Lipinski definition) is 3. The van der Waals surface area contributed by atoms with Crippen LogP contribution in [0.2, 0.25) is 5.15 Å². The van der Waals surface area contributed by atoms with Crippen molar-refractivity contribution in [2.24, 2.45) is 0 Å². The second kappa shape index (κ2) is 4.13. The Morgan fingerprint density at radius 1 is 1.33 bits per heavy atom. The van der Waals surface area contributed by atoms with Gasteiger partial charge in [-0.2, -0.15) is 0 Å². The van der Waals surface area contributed by atoms with E-state index < -0.39 is 0 Å². The Bertz CT molecular complexity index is 490. The summed E-state index contributed by atoms with van der Waals surface area (Å²) in [5, 5.41) is 0.397. The van der Waals surface area contributed by atoms with Crippen LogP contribution in [0.5, 0.6) is 0 Å². The molecule has 2 nitrogen and oxygen atoms in total. The molecule has 0 N–H and O–H groups in total. The monoisotopic (exact) mass is 237 g/mol. The van der Waals surface area contributed by atoms with Crippen molar-refractivity contribution in [3.63, 3.8) is 0 Å². The summed E-state index contributed by atoms with van der Waals surface area (Å²) in [7, 11) is 0. The highest BCUT2D eigenvalue weighted by Crippen LogP contribution is 2.19. The molecule has 0 saturated heterocycles. The lowest BCUT2D eigenvalue weighted by Gasteiger charge is -1.96. The van der Waals surface area contributed by atoms with E-state index in [0.717, 1.165) is 9.75 Å². The Morgan fingerprint density at radius 3 is 2.67 bits per heavy atom. The van der Waals surface area contributed by atoms with Gasteiger partial charge in [-0.05, 0) is 31.2 Å². The average molecular weight is 238 g/mol. The van der Waals surface area contributed by atoms with Crippen LogP contribution < -0.4 is 0 Å². The Hall–Kier alpha value is -1.19. The molecule has 0 aliphatic rings. The average Bonchev–Trinajstić information content (AvgIpc) is 2.65. The lowest BCUT2D eigenvalue weighted by Crippen LogP contribution is -1.98. The summed E-state index contributed by atoms with van der Waals surface area (Å²) < 4.78 is 0. The van der Waals surface area contributed by atoms with Crippen LogP contribution in [-0.4, -0.2) is 10.8 Å². The van der Waals surface area contributed by atoms with Gasteiger partial charge in [-0.15, -0.1) is 11.3 Å². The van der Waals surface area contributed by atoms with Crippen LogP contribution in [0.25, 0.3) is 0 Å². The summed E-state index contributed by atoms with van der Waals surface area (Å²) in [4.78, 5) is 17.6. The second-order valence-corrected chi connectivity index (χ2v) is 4.78. The summed E-state index contributed by atoms with van der Waals surface area (Å²) in [6.45, 7) is 1.97. The summed E-state index contributed by atoms with van der Waals surface area (Å²) in [6.07, 6.45) is 1.50. The van der Waals surface area contributed by atoms with Gasteiger partial charge in [0.1, 0.15) is 5.15 Å². The molecule has 0 unspecified atom stereocenters. The zero-order valence-corrected chi connectivity index (χ0v) is 9.60. The Labute approximate surface area is 96.5 Å². The molecule has 4 heteroatoms. The molecule has 2 heterocycles. The molecule has 76 valence electrons. The van der Waals surface area contributed by atoms with Gasteiger partial charge in [-0.25, -0.2) is 4.98 Å². The second-order valence-electron chi connectivity index (χ2n) is 3.11. The van der Waals surface area contributed by atoms with Crippen molar-refractivity contribution in [1.29, 1.82) is 0 Å². The Morgan fingerprint density at radius 2 is 2.13 bits per heavy atom. The van der Waals surface area contributed by atoms with Crippen molar-refractivity contribution in [1.82, 2.24) is 4.98 Å². The Balaban J connectivity index is 2.32. The van der Waals surface area contributed by atoms with Gasteiger partial charge < -0.3 is 0 Å². The van der Waals surface area contributed by atoms with Gasteiger partial charge in [-0.3, -0.25) is 4.79 Å². The number of pyridine rings is 1. The highest BCUT2D eigenvalue weighted by Gasteiger charge is 2.10. The first kappa shape index (κ1) is 10.3. The van der Waals surface area contributed by atoms with Gasteiger partial charge in [0.25, 0.3) is 0 Å². The molecule has 2 aromatic rings. The lowest BCUT2D eigenvalue weighted by atomic mass is 10.1. The third-order valence-corrected chi connectivity index (χ3v) is 3.18. The SMILES string of the molecule is Cc1ccc(C(=O)c2ccc(Cl)nc2)s1. The number of aryl methyl sites for hydroxylation is 1. The van der Waals surface area contributed by atoms with Crippen LogP contribution in [0.15, 0.2) is 30.5 Å². The van der Waals surface area contributed by atoms with E-state index in [1.54, 1.807) is 12.1 Å². The predicted molar refractivity (Wildman–Crippen MR) is 61.7 cm³/mol.